The molecule has 0 saturated carbocycles. The number of likely N-dealkylation sites (N-methyl/N-ethyl adjacent to an activating group) is 1. The summed E-state index contributed by atoms with van der Waals surface area (Å²) < 4.78 is 10.3. The molecule has 0 aliphatic rings. The van der Waals surface area contributed by atoms with Crippen LogP contribution in [-0.4, -0.2) is 35.9 Å². The average Bonchev–Trinajstić information content (AvgIpc) is 3.45. The van der Waals surface area contributed by atoms with Crippen LogP contribution >= 0.6 is 11.3 Å². The standard InChI is InChI=1S/C23H21N3O4S/c1-26(13-15-5-6-17-11-19(29-2)8-7-16(17)10-15)21(27)12-18-14-31-23(24-18)25-22(28)20-4-3-9-30-20/h3-11,14H,12-13H2,1-2H3,(H,24,25,28). The van der Waals surface area contributed by atoms with Crippen molar-refractivity contribution in [3.63, 3.8) is 0 Å². The number of ether oxygens (including phenoxy) is 1. The maximum atomic E-state index is 12.7. The summed E-state index contributed by atoms with van der Waals surface area (Å²) in [6.07, 6.45) is 1.59. The number of aromatic nitrogens is 1. The van der Waals surface area contributed by atoms with Crippen molar-refractivity contribution in [3.05, 3.63) is 77.2 Å². The van der Waals surface area contributed by atoms with Crippen molar-refractivity contribution in [3.8, 4) is 5.75 Å². The van der Waals surface area contributed by atoms with Gasteiger partial charge in [-0.15, -0.1) is 11.3 Å². The smallest absolute Gasteiger partial charge is 0.293 e. The molecule has 2 amide bonds. The van der Waals surface area contributed by atoms with E-state index in [1.807, 2.05) is 30.3 Å². The largest absolute Gasteiger partial charge is 0.497 e. The topological polar surface area (TPSA) is 84.7 Å². The minimum absolute atomic E-state index is 0.0518. The average molecular weight is 436 g/mol. The number of methoxy groups -OCH3 is 1. The van der Waals surface area contributed by atoms with Crippen molar-refractivity contribution in [1.82, 2.24) is 9.88 Å². The Labute approximate surface area is 183 Å². The van der Waals surface area contributed by atoms with E-state index < -0.39 is 0 Å². The van der Waals surface area contributed by atoms with Crippen LogP contribution in [0, 0.1) is 0 Å². The lowest BCUT2D eigenvalue weighted by Gasteiger charge is -2.17. The molecular formula is C23H21N3O4S. The number of furan rings is 1. The minimum Gasteiger partial charge on any atom is -0.497 e. The van der Waals surface area contributed by atoms with Crippen LogP contribution in [0.2, 0.25) is 0 Å². The molecule has 0 saturated heterocycles. The number of hydrogen-bond donors (Lipinski definition) is 1. The van der Waals surface area contributed by atoms with Crippen molar-refractivity contribution >= 4 is 39.1 Å². The molecule has 2 aromatic carbocycles. The highest BCUT2D eigenvalue weighted by atomic mass is 32.1. The molecule has 4 aromatic rings. The zero-order chi connectivity index (χ0) is 21.8. The summed E-state index contributed by atoms with van der Waals surface area (Å²) in [7, 11) is 3.42. The van der Waals surface area contributed by atoms with Gasteiger partial charge in [0.2, 0.25) is 5.91 Å². The first-order chi connectivity index (χ1) is 15.0. The van der Waals surface area contributed by atoms with Crippen molar-refractivity contribution in [2.75, 3.05) is 19.5 Å². The van der Waals surface area contributed by atoms with Gasteiger partial charge in [0.1, 0.15) is 5.75 Å². The van der Waals surface area contributed by atoms with Crippen LogP contribution in [-0.2, 0) is 17.8 Å². The number of rotatable bonds is 7. The summed E-state index contributed by atoms with van der Waals surface area (Å²) >= 11 is 1.27. The molecule has 1 N–H and O–H groups in total. The number of benzene rings is 2. The number of nitrogens with one attached hydrogen (secondary N) is 1. The Hall–Kier alpha value is -3.65. The van der Waals surface area contributed by atoms with Crippen LogP contribution in [0.1, 0.15) is 21.8 Å². The Morgan fingerprint density at radius 2 is 1.97 bits per heavy atom. The van der Waals surface area contributed by atoms with Gasteiger partial charge >= 0.3 is 0 Å². The van der Waals surface area contributed by atoms with E-state index in [0.29, 0.717) is 17.4 Å². The fraction of sp³-hybridized carbons (Fsp3) is 0.174. The zero-order valence-electron chi connectivity index (χ0n) is 17.1. The van der Waals surface area contributed by atoms with Gasteiger partial charge in [0, 0.05) is 19.0 Å². The molecule has 31 heavy (non-hydrogen) atoms. The molecule has 2 heterocycles. The van der Waals surface area contributed by atoms with Crippen molar-refractivity contribution in [1.29, 1.82) is 0 Å². The van der Waals surface area contributed by atoms with E-state index in [-0.39, 0.29) is 24.0 Å². The lowest BCUT2D eigenvalue weighted by Crippen LogP contribution is -2.27. The molecule has 7 nitrogen and oxygen atoms in total. The maximum absolute atomic E-state index is 12.7. The van der Waals surface area contributed by atoms with E-state index in [1.165, 1.54) is 17.6 Å². The van der Waals surface area contributed by atoms with Gasteiger partial charge in [0.05, 0.1) is 25.5 Å². The molecule has 4 rings (SSSR count). The van der Waals surface area contributed by atoms with E-state index >= 15 is 0 Å². The van der Waals surface area contributed by atoms with Crippen LogP contribution < -0.4 is 10.1 Å². The first-order valence-electron chi connectivity index (χ1n) is 9.62. The lowest BCUT2D eigenvalue weighted by molar-refractivity contribution is -0.129. The molecule has 0 atom stereocenters. The fourth-order valence-corrected chi connectivity index (χ4v) is 3.87. The Kier molecular flexibility index (Phi) is 5.99. The monoisotopic (exact) mass is 435 g/mol. The quantitative estimate of drug-likeness (QED) is 0.466. The van der Waals surface area contributed by atoms with E-state index in [9.17, 15) is 9.59 Å². The third-order valence-corrected chi connectivity index (χ3v) is 5.61. The van der Waals surface area contributed by atoms with E-state index in [2.05, 4.69) is 16.4 Å². The van der Waals surface area contributed by atoms with Gasteiger partial charge in [-0.2, -0.15) is 0 Å². The molecule has 0 aliphatic carbocycles. The van der Waals surface area contributed by atoms with E-state index in [1.54, 1.807) is 36.6 Å². The number of thiazole rings is 1. The molecule has 0 radical (unpaired) electrons. The molecule has 0 unspecified atom stereocenters. The fourth-order valence-electron chi connectivity index (χ4n) is 3.16. The Bertz CT molecular complexity index is 1220. The molecule has 0 fully saturated rings. The summed E-state index contributed by atoms with van der Waals surface area (Å²) in [4.78, 5) is 30.7. The molecule has 0 aliphatic heterocycles. The Balaban J connectivity index is 1.36. The van der Waals surface area contributed by atoms with Gasteiger partial charge in [-0.25, -0.2) is 4.98 Å². The van der Waals surface area contributed by atoms with Crippen LogP contribution in [0.3, 0.4) is 0 Å². The van der Waals surface area contributed by atoms with Gasteiger partial charge in [0.25, 0.3) is 5.91 Å². The van der Waals surface area contributed by atoms with Crippen molar-refractivity contribution in [2.24, 2.45) is 0 Å². The normalized spacial score (nSPS) is 10.8. The maximum Gasteiger partial charge on any atom is 0.293 e. The third-order valence-electron chi connectivity index (χ3n) is 4.81. The summed E-state index contributed by atoms with van der Waals surface area (Å²) in [6, 6.07) is 15.2. The molecule has 8 heteroatoms. The number of nitrogens with zero attached hydrogens (tertiary/aromatic N) is 2. The van der Waals surface area contributed by atoms with Crippen LogP contribution in [0.4, 0.5) is 5.13 Å². The Morgan fingerprint density at radius 3 is 2.74 bits per heavy atom. The highest BCUT2D eigenvalue weighted by Gasteiger charge is 2.15. The van der Waals surface area contributed by atoms with Crippen molar-refractivity contribution in [2.45, 2.75) is 13.0 Å². The predicted molar refractivity (Wildman–Crippen MR) is 119 cm³/mol. The number of carbonyl (C=O) groups is 2. The summed E-state index contributed by atoms with van der Waals surface area (Å²) in [5.41, 5.74) is 1.65. The van der Waals surface area contributed by atoms with Gasteiger partial charge in [-0.05, 0) is 46.7 Å². The second-order valence-electron chi connectivity index (χ2n) is 7.05. The second kappa shape index (κ2) is 9.01. The van der Waals surface area contributed by atoms with Crippen LogP contribution in [0.15, 0.2) is 64.6 Å². The van der Waals surface area contributed by atoms with Gasteiger partial charge in [-0.3, -0.25) is 14.9 Å². The zero-order valence-corrected chi connectivity index (χ0v) is 17.9. The van der Waals surface area contributed by atoms with Gasteiger partial charge in [-0.1, -0.05) is 18.2 Å². The second-order valence-corrected chi connectivity index (χ2v) is 7.91. The molecular weight excluding hydrogens is 414 g/mol. The molecule has 158 valence electrons. The minimum atomic E-state index is -0.372. The van der Waals surface area contributed by atoms with Gasteiger partial charge in [0.15, 0.2) is 10.9 Å². The highest BCUT2D eigenvalue weighted by molar-refractivity contribution is 7.14. The number of amides is 2. The summed E-state index contributed by atoms with van der Waals surface area (Å²) in [5, 5.41) is 7.05. The predicted octanol–water partition coefficient (Wildman–Crippen LogP) is 4.35. The molecule has 0 spiro atoms. The summed E-state index contributed by atoms with van der Waals surface area (Å²) in [6.45, 7) is 0.493. The number of hydrogen-bond acceptors (Lipinski definition) is 6. The van der Waals surface area contributed by atoms with E-state index in [0.717, 1.165) is 22.1 Å². The highest BCUT2D eigenvalue weighted by Crippen LogP contribution is 2.23. The van der Waals surface area contributed by atoms with Crippen LogP contribution in [0.5, 0.6) is 5.75 Å². The number of anilines is 1. The molecule has 2 aromatic heterocycles. The first kappa shape index (κ1) is 20.6. The van der Waals surface area contributed by atoms with Crippen LogP contribution in [0.25, 0.3) is 10.8 Å². The van der Waals surface area contributed by atoms with Gasteiger partial charge < -0.3 is 14.1 Å². The Morgan fingerprint density at radius 1 is 1.16 bits per heavy atom. The number of carbonyl (C=O) groups excluding carboxylic acids is 2. The number of fused-ring (bicyclic) bond motifs is 1. The molecule has 0 bridgehead atoms. The SMILES string of the molecule is COc1ccc2cc(CN(C)C(=O)Cc3csc(NC(=O)c4ccco4)n3)ccc2c1. The first-order valence-corrected chi connectivity index (χ1v) is 10.5. The summed E-state index contributed by atoms with van der Waals surface area (Å²) in [5.74, 6) is 0.601. The van der Waals surface area contributed by atoms with E-state index in [4.69, 9.17) is 9.15 Å². The van der Waals surface area contributed by atoms with Crippen molar-refractivity contribution < 1.29 is 18.7 Å². The third kappa shape index (κ3) is 4.92. The lowest BCUT2D eigenvalue weighted by atomic mass is 10.1.